The summed E-state index contributed by atoms with van der Waals surface area (Å²) in [4.78, 5) is 14.3. The predicted molar refractivity (Wildman–Crippen MR) is 75.9 cm³/mol. The number of hydrogen-bond donors (Lipinski definition) is 1. The van der Waals surface area contributed by atoms with Crippen LogP contribution in [0.5, 0.6) is 0 Å². The zero-order valence-corrected chi connectivity index (χ0v) is 11.8. The summed E-state index contributed by atoms with van der Waals surface area (Å²) in [7, 11) is 0. The van der Waals surface area contributed by atoms with Gasteiger partial charge in [0.25, 0.3) is 0 Å². The molecule has 3 nitrogen and oxygen atoms in total. The Bertz CT molecular complexity index is 358. The smallest absolute Gasteiger partial charge is 0.227 e. The first-order valence-corrected chi connectivity index (χ1v) is 7.76. The average Bonchev–Trinajstić information content (AvgIpc) is 3.01. The van der Waals surface area contributed by atoms with Gasteiger partial charge in [-0.2, -0.15) is 11.3 Å². The monoisotopic (exact) mass is 266 g/mol. The van der Waals surface area contributed by atoms with Gasteiger partial charge in [0.1, 0.15) is 0 Å². The van der Waals surface area contributed by atoms with Crippen molar-refractivity contribution >= 4 is 17.2 Å². The molecule has 18 heavy (non-hydrogen) atoms. The van der Waals surface area contributed by atoms with Crippen molar-refractivity contribution in [3.8, 4) is 0 Å². The van der Waals surface area contributed by atoms with Gasteiger partial charge < -0.3 is 10.2 Å². The topological polar surface area (TPSA) is 32.3 Å². The molecule has 2 rings (SSSR count). The molecule has 0 radical (unpaired) electrons. The normalized spacial score (nSPS) is 19.1. The Kier molecular flexibility index (Phi) is 5.20. The number of thiophene rings is 1. The van der Waals surface area contributed by atoms with Crippen LogP contribution in [-0.2, 0) is 11.2 Å². The molecule has 1 N–H and O–H groups in total. The molecule has 0 saturated carbocycles. The third-order valence-corrected chi connectivity index (χ3v) is 4.12. The molecule has 1 fully saturated rings. The van der Waals surface area contributed by atoms with Crippen molar-refractivity contribution in [1.82, 2.24) is 10.2 Å². The molecular weight excluding hydrogens is 244 g/mol. The predicted octanol–water partition coefficient (Wildman–Crippen LogP) is 2.28. The molecule has 2 heterocycles. The lowest BCUT2D eigenvalue weighted by Crippen LogP contribution is -2.42. The van der Waals surface area contributed by atoms with E-state index < -0.39 is 0 Å². The SMILES string of the molecule is CCCN(CC1CCCN1)C(=O)Cc1ccsc1. The number of rotatable bonds is 6. The van der Waals surface area contributed by atoms with E-state index in [9.17, 15) is 4.79 Å². The van der Waals surface area contributed by atoms with E-state index in [1.165, 1.54) is 12.8 Å². The molecule has 0 aromatic carbocycles. The van der Waals surface area contributed by atoms with Gasteiger partial charge in [0.05, 0.1) is 6.42 Å². The minimum Gasteiger partial charge on any atom is -0.341 e. The van der Waals surface area contributed by atoms with Crippen molar-refractivity contribution in [3.63, 3.8) is 0 Å². The third-order valence-electron chi connectivity index (χ3n) is 3.38. The van der Waals surface area contributed by atoms with Gasteiger partial charge in [-0.25, -0.2) is 0 Å². The summed E-state index contributed by atoms with van der Waals surface area (Å²) in [6.45, 7) is 4.98. The second-order valence-corrected chi connectivity index (χ2v) is 5.72. The van der Waals surface area contributed by atoms with Crippen LogP contribution in [0.3, 0.4) is 0 Å². The molecule has 0 spiro atoms. The van der Waals surface area contributed by atoms with E-state index >= 15 is 0 Å². The highest BCUT2D eigenvalue weighted by Crippen LogP contribution is 2.11. The van der Waals surface area contributed by atoms with Crippen molar-refractivity contribution in [2.75, 3.05) is 19.6 Å². The van der Waals surface area contributed by atoms with Crippen LogP contribution in [0.1, 0.15) is 31.7 Å². The number of carbonyl (C=O) groups is 1. The van der Waals surface area contributed by atoms with Gasteiger partial charge in [0.15, 0.2) is 0 Å². The van der Waals surface area contributed by atoms with E-state index in [1.807, 2.05) is 16.3 Å². The van der Waals surface area contributed by atoms with Crippen LogP contribution >= 0.6 is 11.3 Å². The van der Waals surface area contributed by atoms with Gasteiger partial charge in [-0.1, -0.05) is 6.92 Å². The van der Waals surface area contributed by atoms with Crippen LogP contribution in [0.2, 0.25) is 0 Å². The van der Waals surface area contributed by atoms with Gasteiger partial charge >= 0.3 is 0 Å². The average molecular weight is 266 g/mol. The summed E-state index contributed by atoms with van der Waals surface area (Å²) in [5.74, 6) is 0.268. The maximum Gasteiger partial charge on any atom is 0.227 e. The molecule has 1 atom stereocenters. The third kappa shape index (κ3) is 3.82. The van der Waals surface area contributed by atoms with Gasteiger partial charge in [-0.15, -0.1) is 0 Å². The van der Waals surface area contributed by atoms with E-state index in [0.29, 0.717) is 12.5 Å². The Balaban J connectivity index is 1.88. The molecule has 1 amide bonds. The molecule has 0 bridgehead atoms. The summed E-state index contributed by atoms with van der Waals surface area (Å²) < 4.78 is 0. The van der Waals surface area contributed by atoms with E-state index in [2.05, 4.69) is 17.6 Å². The first-order chi connectivity index (χ1) is 8.79. The van der Waals surface area contributed by atoms with E-state index in [0.717, 1.165) is 31.6 Å². The number of carbonyl (C=O) groups excluding carboxylic acids is 1. The Morgan fingerprint density at radius 3 is 3.11 bits per heavy atom. The lowest BCUT2D eigenvalue weighted by molar-refractivity contribution is -0.130. The number of nitrogens with one attached hydrogen (secondary N) is 1. The second-order valence-electron chi connectivity index (χ2n) is 4.94. The number of nitrogens with zero attached hydrogens (tertiary/aromatic N) is 1. The first kappa shape index (κ1) is 13.6. The molecule has 1 unspecified atom stereocenters. The van der Waals surface area contributed by atoms with Crippen molar-refractivity contribution in [2.24, 2.45) is 0 Å². The fourth-order valence-electron chi connectivity index (χ4n) is 2.45. The summed E-state index contributed by atoms with van der Waals surface area (Å²) in [5.41, 5.74) is 1.14. The summed E-state index contributed by atoms with van der Waals surface area (Å²) >= 11 is 1.66. The Labute approximate surface area is 113 Å². The quantitative estimate of drug-likeness (QED) is 0.857. The maximum absolute atomic E-state index is 12.3. The molecule has 1 saturated heterocycles. The lowest BCUT2D eigenvalue weighted by atomic mass is 10.1. The summed E-state index contributed by atoms with van der Waals surface area (Å²) in [5, 5.41) is 7.57. The Morgan fingerprint density at radius 2 is 2.50 bits per heavy atom. The number of hydrogen-bond acceptors (Lipinski definition) is 3. The van der Waals surface area contributed by atoms with Gasteiger partial charge in [0.2, 0.25) is 5.91 Å². The fraction of sp³-hybridized carbons (Fsp3) is 0.643. The van der Waals surface area contributed by atoms with Gasteiger partial charge in [-0.05, 0) is 48.2 Å². The van der Waals surface area contributed by atoms with E-state index in [1.54, 1.807) is 11.3 Å². The second kappa shape index (κ2) is 6.90. The fourth-order valence-corrected chi connectivity index (χ4v) is 3.11. The molecule has 100 valence electrons. The van der Waals surface area contributed by atoms with Crippen LogP contribution in [0, 0.1) is 0 Å². The van der Waals surface area contributed by atoms with Crippen LogP contribution in [0.4, 0.5) is 0 Å². The highest BCUT2D eigenvalue weighted by Gasteiger charge is 2.20. The van der Waals surface area contributed by atoms with Crippen LogP contribution in [0.25, 0.3) is 0 Å². The van der Waals surface area contributed by atoms with Gasteiger partial charge in [-0.3, -0.25) is 4.79 Å². The van der Waals surface area contributed by atoms with Crippen LogP contribution in [0.15, 0.2) is 16.8 Å². The minimum atomic E-state index is 0.268. The van der Waals surface area contributed by atoms with Crippen LogP contribution < -0.4 is 5.32 Å². The summed E-state index contributed by atoms with van der Waals surface area (Å²) in [6.07, 6.45) is 4.02. The molecule has 1 aromatic rings. The van der Waals surface area contributed by atoms with Crippen molar-refractivity contribution in [1.29, 1.82) is 0 Å². The van der Waals surface area contributed by atoms with Crippen LogP contribution in [-0.4, -0.2) is 36.5 Å². The molecule has 0 aliphatic carbocycles. The minimum absolute atomic E-state index is 0.268. The molecule has 1 aromatic heterocycles. The Morgan fingerprint density at radius 1 is 1.61 bits per heavy atom. The highest BCUT2D eigenvalue weighted by atomic mass is 32.1. The van der Waals surface area contributed by atoms with E-state index in [-0.39, 0.29) is 5.91 Å². The first-order valence-electron chi connectivity index (χ1n) is 6.82. The standard InChI is InChI=1S/C14H22N2OS/c1-2-7-16(10-13-4-3-6-15-13)14(17)9-12-5-8-18-11-12/h5,8,11,13,15H,2-4,6-7,9-10H2,1H3. The van der Waals surface area contributed by atoms with Gasteiger partial charge in [0, 0.05) is 19.1 Å². The molecule has 4 heteroatoms. The molecular formula is C14H22N2OS. The molecule has 1 aliphatic rings. The largest absolute Gasteiger partial charge is 0.341 e. The van der Waals surface area contributed by atoms with Crippen molar-refractivity contribution < 1.29 is 4.79 Å². The zero-order valence-electron chi connectivity index (χ0n) is 11.0. The lowest BCUT2D eigenvalue weighted by Gasteiger charge is -2.25. The maximum atomic E-state index is 12.3. The molecule has 1 aliphatic heterocycles. The van der Waals surface area contributed by atoms with Crippen molar-refractivity contribution in [2.45, 2.75) is 38.6 Å². The Hall–Kier alpha value is -0.870. The summed E-state index contributed by atoms with van der Waals surface area (Å²) in [6, 6.07) is 2.54. The van der Waals surface area contributed by atoms with Crippen molar-refractivity contribution in [3.05, 3.63) is 22.4 Å². The van der Waals surface area contributed by atoms with E-state index in [4.69, 9.17) is 0 Å². The number of amides is 1. The zero-order chi connectivity index (χ0) is 12.8. The highest BCUT2D eigenvalue weighted by molar-refractivity contribution is 7.07.